The molecule has 0 spiro atoms. The fourth-order valence-electron chi connectivity index (χ4n) is 3.04. The van der Waals surface area contributed by atoms with Gasteiger partial charge in [-0.05, 0) is 19.9 Å². The molecule has 0 aromatic carbocycles. The van der Waals surface area contributed by atoms with Gasteiger partial charge in [0, 0.05) is 6.42 Å². The number of ether oxygens (including phenoxy) is 1. The van der Waals surface area contributed by atoms with Crippen molar-refractivity contribution in [3.8, 4) is 12.3 Å². The number of anilines is 1. The molecule has 2 aromatic heterocycles. The lowest BCUT2D eigenvalue weighted by Gasteiger charge is -2.27. The third-order valence-corrected chi connectivity index (χ3v) is 6.07. The number of terminal acetylenes is 1. The van der Waals surface area contributed by atoms with Crippen LogP contribution in [-0.4, -0.2) is 44.7 Å². The maximum atomic E-state index is 14.8. The molecule has 3 rings (SSSR count). The van der Waals surface area contributed by atoms with Gasteiger partial charge in [0.2, 0.25) is 0 Å². The van der Waals surface area contributed by atoms with Crippen molar-refractivity contribution in [1.29, 1.82) is 0 Å². The minimum absolute atomic E-state index is 0.0585. The molecule has 0 radical (unpaired) electrons. The number of nitrogens with zero attached hydrogens (tertiary/aromatic N) is 4. The first-order valence-corrected chi connectivity index (χ1v) is 10.4. The Kier molecular flexibility index (Phi) is 5.82. The van der Waals surface area contributed by atoms with E-state index >= 15 is 0 Å². The van der Waals surface area contributed by atoms with Gasteiger partial charge in [0.25, 0.3) is 0 Å². The van der Waals surface area contributed by atoms with Gasteiger partial charge in [-0.15, -0.1) is 6.42 Å². The third kappa shape index (κ3) is 3.66. The SMILES string of the molecule is C#C[C@]1(OCP(=O)(OCC)OCC)C[C@@H](n2cnc3c(N)ncnc32)C=C1F. The highest BCUT2D eigenvalue weighted by atomic mass is 31.2. The van der Waals surface area contributed by atoms with Crippen LogP contribution in [0.15, 0.2) is 24.6 Å². The topological polar surface area (TPSA) is 114 Å². The summed E-state index contributed by atoms with van der Waals surface area (Å²) >= 11 is 0. The lowest BCUT2D eigenvalue weighted by molar-refractivity contribution is 0.0232. The molecule has 1 aliphatic rings. The second-order valence-corrected chi connectivity index (χ2v) is 8.06. The van der Waals surface area contributed by atoms with Gasteiger partial charge >= 0.3 is 7.60 Å². The summed E-state index contributed by atoms with van der Waals surface area (Å²) in [6.07, 6.45) is 9.30. The minimum Gasteiger partial charge on any atom is -0.382 e. The quantitative estimate of drug-likeness (QED) is 0.523. The highest BCUT2D eigenvalue weighted by Crippen LogP contribution is 2.51. The van der Waals surface area contributed by atoms with Crippen molar-refractivity contribution in [3.05, 3.63) is 24.6 Å². The monoisotopic (exact) mass is 409 g/mol. The van der Waals surface area contributed by atoms with Gasteiger partial charge in [0.15, 0.2) is 23.4 Å². The lowest BCUT2D eigenvalue weighted by Crippen LogP contribution is -2.31. The van der Waals surface area contributed by atoms with Crippen LogP contribution in [0, 0.1) is 12.3 Å². The first kappa shape index (κ1) is 20.4. The van der Waals surface area contributed by atoms with E-state index in [-0.39, 0.29) is 25.5 Å². The van der Waals surface area contributed by atoms with Crippen LogP contribution < -0.4 is 5.73 Å². The molecule has 0 fully saturated rings. The van der Waals surface area contributed by atoms with Crippen LogP contribution in [0.3, 0.4) is 0 Å². The standard InChI is InChI=1S/C17H21FN5O4P/c1-4-17(25-11-28(24,26-5-2)27-6-3)8-12(7-13(17)18)23-10-22-14-15(19)20-9-21-16(14)23/h1,7,9-10,12H,5-6,8,11H2,2-3H3,(H2,19,20,21)/t12-,17-/m0/s1. The van der Waals surface area contributed by atoms with Gasteiger partial charge in [-0.25, -0.2) is 19.3 Å². The van der Waals surface area contributed by atoms with Crippen molar-refractivity contribution in [2.24, 2.45) is 0 Å². The summed E-state index contributed by atoms with van der Waals surface area (Å²) in [5.41, 5.74) is 4.96. The van der Waals surface area contributed by atoms with E-state index in [9.17, 15) is 8.96 Å². The Balaban J connectivity index is 1.85. The van der Waals surface area contributed by atoms with E-state index in [1.807, 2.05) is 0 Å². The summed E-state index contributed by atoms with van der Waals surface area (Å²) in [7, 11) is -3.55. The molecule has 1 aliphatic carbocycles. The van der Waals surface area contributed by atoms with Gasteiger partial charge in [-0.1, -0.05) is 5.92 Å². The lowest BCUT2D eigenvalue weighted by atomic mass is 10.0. The van der Waals surface area contributed by atoms with Crippen molar-refractivity contribution in [3.63, 3.8) is 0 Å². The Bertz CT molecular complexity index is 978. The second-order valence-electron chi connectivity index (χ2n) is 6.06. The van der Waals surface area contributed by atoms with Crippen LogP contribution in [0.25, 0.3) is 11.2 Å². The van der Waals surface area contributed by atoms with E-state index in [2.05, 4.69) is 20.9 Å². The Morgan fingerprint density at radius 1 is 1.39 bits per heavy atom. The highest BCUT2D eigenvalue weighted by molar-refractivity contribution is 7.53. The average molecular weight is 409 g/mol. The highest BCUT2D eigenvalue weighted by Gasteiger charge is 2.45. The Morgan fingerprint density at radius 3 is 2.75 bits per heavy atom. The van der Waals surface area contributed by atoms with E-state index in [0.717, 1.165) is 0 Å². The molecule has 28 heavy (non-hydrogen) atoms. The molecular formula is C17H21FN5O4P. The predicted molar refractivity (Wildman–Crippen MR) is 101 cm³/mol. The zero-order valence-corrected chi connectivity index (χ0v) is 16.4. The number of halogens is 1. The number of aromatic nitrogens is 4. The maximum absolute atomic E-state index is 14.8. The van der Waals surface area contributed by atoms with Crippen molar-refractivity contribution in [2.75, 3.05) is 25.3 Å². The smallest absolute Gasteiger partial charge is 0.356 e. The fraction of sp³-hybridized carbons (Fsp3) is 0.471. The molecule has 0 bridgehead atoms. The molecule has 0 saturated heterocycles. The van der Waals surface area contributed by atoms with E-state index in [4.69, 9.17) is 25.9 Å². The number of rotatable bonds is 8. The third-order valence-electron chi connectivity index (χ3n) is 4.32. The molecular weight excluding hydrogens is 388 g/mol. The van der Waals surface area contributed by atoms with Crippen LogP contribution in [0.4, 0.5) is 10.2 Å². The molecule has 0 aliphatic heterocycles. The Labute approximate surface area is 161 Å². The Morgan fingerprint density at radius 2 is 2.11 bits per heavy atom. The van der Waals surface area contributed by atoms with Crippen LogP contribution >= 0.6 is 7.60 Å². The van der Waals surface area contributed by atoms with E-state index in [1.165, 1.54) is 18.7 Å². The number of allylic oxidation sites excluding steroid dienone is 1. The number of nitrogens with two attached hydrogens (primary N) is 1. The Hall–Kier alpha value is -2.31. The summed E-state index contributed by atoms with van der Waals surface area (Å²) in [6, 6.07) is -0.520. The minimum atomic E-state index is -3.55. The largest absolute Gasteiger partial charge is 0.382 e. The maximum Gasteiger partial charge on any atom is 0.356 e. The molecule has 2 heterocycles. The van der Waals surface area contributed by atoms with Gasteiger partial charge in [0.1, 0.15) is 17.7 Å². The predicted octanol–water partition coefficient (Wildman–Crippen LogP) is 2.82. The van der Waals surface area contributed by atoms with Gasteiger partial charge in [-0.3, -0.25) is 4.57 Å². The molecule has 2 N–H and O–H groups in total. The van der Waals surface area contributed by atoms with Crippen LogP contribution in [0.1, 0.15) is 26.3 Å². The number of hydrogen-bond acceptors (Lipinski definition) is 8. The van der Waals surface area contributed by atoms with Gasteiger partial charge in [0.05, 0.1) is 25.6 Å². The van der Waals surface area contributed by atoms with Gasteiger partial charge < -0.3 is 24.1 Å². The number of hydrogen-bond donors (Lipinski definition) is 1. The summed E-state index contributed by atoms with van der Waals surface area (Å²) in [5.74, 6) is 1.91. The zero-order chi connectivity index (χ0) is 20.4. The molecule has 2 atom stereocenters. The van der Waals surface area contributed by atoms with E-state index < -0.39 is 31.4 Å². The fourth-order valence-corrected chi connectivity index (χ4v) is 4.43. The molecule has 11 heteroatoms. The summed E-state index contributed by atoms with van der Waals surface area (Å²) in [5, 5.41) is 0. The molecule has 150 valence electrons. The van der Waals surface area contributed by atoms with Crippen molar-refractivity contribution >= 4 is 24.6 Å². The number of imidazole rings is 1. The summed E-state index contributed by atoms with van der Waals surface area (Å²) in [6.45, 7) is 3.67. The zero-order valence-electron chi connectivity index (χ0n) is 15.5. The second kappa shape index (κ2) is 7.97. The molecule has 9 nitrogen and oxygen atoms in total. The van der Waals surface area contributed by atoms with Crippen molar-refractivity contribution < 1.29 is 22.7 Å². The number of fused-ring (bicyclic) bond motifs is 1. The number of nitrogen functional groups attached to an aromatic ring is 1. The first-order chi connectivity index (χ1) is 13.4. The van der Waals surface area contributed by atoms with Crippen molar-refractivity contribution in [1.82, 2.24) is 19.5 Å². The van der Waals surface area contributed by atoms with Gasteiger partial charge in [-0.2, -0.15) is 0 Å². The first-order valence-electron chi connectivity index (χ1n) is 8.68. The summed E-state index contributed by atoms with van der Waals surface area (Å²) in [4.78, 5) is 12.2. The van der Waals surface area contributed by atoms with Crippen molar-refractivity contribution in [2.45, 2.75) is 31.9 Å². The summed E-state index contributed by atoms with van der Waals surface area (Å²) < 4.78 is 45.1. The molecule has 0 saturated carbocycles. The van der Waals surface area contributed by atoms with Crippen LogP contribution in [0.2, 0.25) is 0 Å². The average Bonchev–Trinajstić information content (AvgIpc) is 3.23. The van der Waals surface area contributed by atoms with Crippen LogP contribution in [0.5, 0.6) is 0 Å². The normalized spacial score (nSPS) is 22.4. The molecule has 2 aromatic rings. The van der Waals surface area contributed by atoms with E-state index in [0.29, 0.717) is 11.2 Å². The molecule has 0 amide bonds. The molecule has 0 unspecified atom stereocenters. The van der Waals surface area contributed by atoms with Crippen LogP contribution in [-0.2, 0) is 18.3 Å². The van der Waals surface area contributed by atoms with E-state index in [1.54, 1.807) is 18.4 Å².